The molecule has 2 nitrogen and oxygen atoms in total. The summed E-state index contributed by atoms with van der Waals surface area (Å²) in [5.74, 6) is 0.306. The molecule has 0 aliphatic rings. The number of hydrogen-bond acceptors (Lipinski definition) is 1. The van der Waals surface area contributed by atoms with Crippen molar-refractivity contribution in [3.63, 3.8) is 0 Å². The molecule has 3 rings (SSSR count). The van der Waals surface area contributed by atoms with Crippen LogP contribution in [0.2, 0.25) is 0 Å². The molecule has 0 bridgehead atoms. The summed E-state index contributed by atoms with van der Waals surface area (Å²) in [5, 5.41) is 10.5. The molecule has 18 heavy (non-hydrogen) atoms. The summed E-state index contributed by atoms with van der Waals surface area (Å²) >= 11 is 0. The molecule has 2 heteroatoms. The Morgan fingerprint density at radius 2 is 1.61 bits per heavy atom. The van der Waals surface area contributed by atoms with E-state index in [1.165, 1.54) is 11.1 Å². The summed E-state index contributed by atoms with van der Waals surface area (Å²) in [4.78, 5) is 0. The number of benzene rings is 2. The van der Waals surface area contributed by atoms with E-state index in [2.05, 4.69) is 36.6 Å². The first kappa shape index (κ1) is 10.9. The third-order valence-corrected chi connectivity index (χ3v) is 3.16. The van der Waals surface area contributed by atoms with Crippen LogP contribution in [0.25, 0.3) is 16.6 Å². The first-order valence-corrected chi connectivity index (χ1v) is 6.02. The number of phenols is 1. The normalized spacial score (nSPS) is 11.0. The van der Waals surface area contributed by atoms with Crippen LogP contribution in [0.3, 0.4) is 0 Å². The average Bonchev–Trinajstić information content (AvgIpc) is 2.70. The first-order valence-electron chi connectivity index (χ1n) is 6.02. The molecule has 0 saturated carbocycles. The maximum absolute atomic E-state index is 9.49. The zero-order valence-corrected chi connectivity index (χ0v) is 10.5. The summed E-state index contributed by atoms with van der Waals surface area (Å²) in [6.07, 6.45) is 2.04. The third-order valence-electron chi connectivity index (χ3n) is 3.16. The van der Waals surface area contributed by atoms with Gasteiger partial charge in [-0.05, 0) is 61.4 Å². The van der Waals surface area contributed by atoms with Crippen molar-refractivity contribution >= 4 is 10.9 Å². The highest BCUT2D eigenvalue weighted by molar-refractivity contribution is 5.83. The van der Waals surface area contributed by atoms with Gasteiger partial charge < -0.3 is 9.67 Å². The van der Waals surface area contributed by atoms with Gasteiger partial charge in [0.05, 0.1) is 5.52 Å². The van der Waals surface area contributed by atoms with Crippen LogP contribution in [0.5, 0.6) is 5.75 Å². The molecule has 1 N–H and O–H groups in total. The molecule has 0 unspecified atom stereocenters. The Kier molecular flexibility index (Phi) is 2.37. The van der Waals surface area contributed by atoms with Gasteiger partial charge in [0.25, 0.3) is 0 Å². The Bertz CT molecular complexity index is 705. The number of nitrogens with zero attached hydrogens (tertiary/aromatic N) is 1. The topological polar surface area (TPSA) is 25.2 Å². The average molecular weight is 237 g/mol. The van der Waals surface area contributed by atoms with Crippen molar-refractivity contribution in [1.82, 2.24) is 4.57 Å². The molecule has 0 radical (unpaired) electrons. The Balaban J connectivity index is 2.25. The van der Waals surface area contributed by atoms with Crippen LogP contribution >= 0.6 is 0 Å². The van der Waals surface area contributed by atoms with E-state index in [0.29, 0.717) is 5.75 Å². The third kappa shape index (κ3) is 1.76. The van der Waals surface area contributed by atoms with Crippen molar-refractivity contribution in [2.45, 2.75) is 13.8 Å². The van der Waals surface area contributed by atoms with Crippen molar-refractivity contribution in [3.8, 4) is 11.4 Å². The largest absolute Gasteiger partial charge is 0.508 e. The Morgan fingerprint density at radius 1 is 0.889 bits per heavy atom. The molecule has 2 aromatic carbocycles. The van der Waals surface area contributed by atoms with Crippen LogP contribution in [0.1, 0.15) is 11.1 Å². The van der Waals surface area contributed by atoms with Gasteiger partial charge in [0.1, 0.15) is 5.75 Å². The van der Waals surface area contributed by atoms with E-state index in [4.69, 9.17) is 0 Å². The van der Waals surface area contributed by atoms with Gasteiger partial charge in [-0.3, -0.25) is 0 Å². The van der Waals surface area contributed by atoms with Crippen molar-refractivity contribution in [3.05, 3.63) is 59.8 Å². The van der Waals surface area contributed by atoms with Crippen molar-refractivity contribution in [1.29, 1.82) is 0 Å². The van der Waals surface area contributed by atoms with Gasteiger partial charge >= 0.3 is 0 Å². The number of fused-ring (bicyclic) bond motifs is 1. The predicted molar refractivity (Wildman–Crippen MR) is 74.4 cm³/mol. The number of rotatable bonds is 1. The first-order chi connectivity index (χ1) is 8.63. The second-order valence-electron chi connectivity index (χ2n) is 4.77. The molecular weight excluding hydrogens is 222 g/mol. The fourth-order valence-electron chi connectivity index (χ4n) is 2.44. The van der Waals surface area contributed by atoms with E-state index in [0.717, 1.165) is 16.6 Å². The number of hydrogen-bond donors (Lipinski definition) is 1. The molecule has 0 saturated heterocycles. The smallest absolute Gasteiger partial charge is 0.116 e. The van der Waals surface area contributed by atoms with E-state index in [-0.39, 0.29) is 0 Å². The molecule has 0 fully saturated rings. The fourth-order valence-corrected chi connectivity index (χ4v) is 2.44. The van der Waals surface area contributed by atoms with Crippen molar-refractivity contribution < 1.29 is 5.11 Å². The molecule has 0 atom stereocenters. The minimum atomic E-state index is 0.306. The van der Waals surface area contributed by atoms with Crippen molar-refractivity contribution in [2.75, 3.05) is 0 Å². The zero-order valence-electron chi connectivity index (χ0n) is 10.5. The Hall–Kier alpha value is -2.22. The zero-order chi connectivity index (χ0) is 12.7. The Labute approximate surface area is 106 Å². The standard InChI is InChI=1S/C16H15NO/c1-11-7-12(2)9-14(8-11)17-6-5-13-10-15(18)3-4-16(13)17/h3-10,18H,1-2H3. The molecule has 3 aromatic rings. The fraction of sp³-hybridized carbons (Fsp3) is 0.125. The van der Waals surface area contributed by atoms with Gasteiger partial charge in [-0.2, -0.15) is 0 Å². The van der Waals surface area contributed by atoms with Gasteiger partial charge in [-0.1, -0.05) is 6.07 Å². The number of aromatic nitrogens is 1. The predicted octanol–water partition coefficient (Wildman–Crippen LogP) is 3.95. The van der Waals surface area contributed by atoms with Crippen LogP contribution in [0.15, 0.2) is 48.7 Å². The van der Waals surface area contributed by atoms with Crippen LogP contribution < -0.4 is 0 Å². The maximum atomic E-state index is 9.49. The summed E-state index contributed by atoms with van der Waals surface area (Å²) in [6, 6.07) is 14.0. The highest BCUT2D eigenvalue weighted by Crippen LogP contribution is 2.25. The van der Waals surface area contributed by atoms with Gasteiger partial charge in [0.2, 0.25) is 0 Å². The summed E-state index contributed by atoms with van der Waals surface area (Å²) in [7, 11) is 0. The lowest BCUT2D eigenvalue weighted by Crippen LogP contribution is -1.93. The molecule has 0 aliphatic heterocycles. The number of phenolic OH excluding ortho intramolecular Hbond substituents is 1. The monoisotopic (exact) mass is 237 g/mol. The van der Waals surface area contributed by atoms with Gasteiger partial charge in [0, 0.05) is 17.3 Å². The van der Waals surface area contributed by atoms with Crippen LogP contribution in [-0.4, -0.2) is 9.67 Å². The molecule has 0 amide bonds. The minimum absolute atomic E-state index is 0.306. The number of aryl methyl sites for hydroxylation is 2. The molecule has 0 spiro atoms. The summed E-state index contributed by atoms with van der Waals surface area (Å²) < 4.78 is 2.15. The second kappa shape index (κ2) is 3.91. The second-order valence-corrected chi connectivity index (χ2v) is 4.77. The van der Waals surface area contributed by atoms with E-state index in [1.54, 1.807) is 12.1 Å². The van der Waals surface area contributed by atoms with E-state index in [1.807, 2.05) is 18.3 Å². The molecule has 1 aromatic heterocycles. The maximum Gasteiger partial charge on any atom is 0.116 e. The van der Waals surface area contributed by atoms with E-state index >= 15 is 0 Å². The van der Waals surface area contributed by atoms with E-state index < -0.39 is 0 Å². The van der Waals surface area contributed by atoms with Crippen LogP contribution in [-0.2, 0) is 0 Å². The lowest BCUT2D eigenvalue weighted by atomic mass is 10.1. The SMILES string of the molecule is Cc1cc(C)cc(-n2ccc3cc(O)ccc32)c1. The Morgan fingerprint density at radius 3 is 2.33 bits per heavy atom. The van der Waals surface area contributed by atoms with Crippen molar-refractivity contribution in [2.24, 2.45) is 0 Å². The molecule has 1 heterocycles. The highest BCUT2D eigenvalue weighted by atomic mass is 16.3. The van der Waals surface area contributed by atoms with Gasteiger partial charge in [-0.15, -0.1) is 0 Å². The van der Waals surface area contributed by atoms with Gasteiger partial charge in [0.15, 0.2) is 0 Å². The quantitative estimate of drug-likeness (QED) is 0.681. The molecule has 0 aliphatic carbocycles. The number of aromatic hydroxyl groups is 1. The summed E-state index contributed by atoms with van der Waals surface area (Å²) in [5.41, 5.74) is 4.78. The lowest BCUT2D eigenvalue weighted by molar-refractivity contribution is 0.476. The van der Waals surface area contributed by atoms with E-state index in [9.17, 15) is 5.11 Å². The van der Waals surface area contributed by atoms with Crippen LogP contribution in [0.4, 0.5) is 0 Å². The van der Waals surface area contributed by atoms with Crippen LogP contribution in [0, 0.1) is 13.8 Å². The molecule has 90 valence electrons. The summed E-state index contributed by atoms with van der Waals surface area (Å²) in [6.45, 7) is 4.21. The molecular formula is C16H15NO. The van der Waals surface area contributed by atoms with Gasteiger partial charge in [-0.25, -0.2) is 0 Å². The highest BCUT2D eigenvalue weighted by Gasteiger charge is 2.04. The lowest BCUT2D eigenvalue weighted by Gasteiger charge is -2.08. The minimum Gasteiger partial charge on any atom is -0.508 e.